The van der Waals surface area contributed by atoms with Crippen molar-refractivity contribution in [3.05, 3.63) is 107 Å². The predicted molar refractivity (Wildman–Crippen MR) is 87.2 cm³/mol. The zero-order chi connectivity index (χ0) is 15.5. The highest BCUT2D eigenvalue weighted by Crippen LogP contribution is 2.71. The molecule has 23 heavy (non-hydrogen) atoms. The third-order valence-corrected chi connectivity index (χ3v) is 4.99. The molecule has 1 heterocycles. The Bertz CT molecular complexity index is 917. The number of Topliss-reactive ketones (excluding diaryl/α,β-unsaturated/α-hetero) is 1. The van der Waals surface area contributed by atoms with Gasteiger partial charge in [-0.15, -0.1) is 0 Å². The number of hydrogen-bond donors (Lipinski definition) is 0. The summed E-state index contributed by atoms with van der Waals surface area (Å²) >= 11 is 0. The summed E-state index contributed by atoms with van der Waals surface area (Å²) in [7, 11) is 0. The van der Waals surface area contributed by atoms with Crippen molar-refractivity contribution in [3.8, 4) is 0 Å². The minimum Gasteiger partial charge on any atom is -0.338 e. The largest absolute Gasteiger partial charge is 0.338 e. The SMILES string of the molecule is O=C1c2ccccc2[C@@]2(c3ccccc3)O[C@]12c1ccccc1. The Hall–Kier alpha value is -2.71. The molecular weight excluding hydrogens is 284 g/mol. The van der Waals surface area contributed by atoms with Crippen LogP contribution in [0.1, 0.15) is 27.0 Å². The molecule has 0 bridgehead atoms. The van der Waals surface area contributed by atoms with E-state index in [1.54, 1.807) is 0 Å². The second-order valence-corrected chi connectivity index (χ2v) is 6.07. The molecule has 2 atom stereocenters. The van der Waals surface area contributed by atoms with E-state index < -0.39 is 11.2 Å². The minimum absolute atomic E-state index is 0.0585. The van der Waals surface area contributed by atoms with Crippen LogP contribution in [-0.4, -0.2) is 5.78 Å². The highest BCUT2D eigenvalue weighted by Gasteiger charge is 2.81. The first kappa shape index (κ1) is 12.8. The van der Waals surface area contributed by atoms with Crippen LogP contribution in [0.3, 0.4) is 0 Å². The molecule has 0 saturated carbocycles. The van der Waals surface area contributed by atoms with Crippen LogP contribution in [0.15, 0.2) is 84.9 Å². The molecule has 110 valence electrons. The molecular formula is C21H14O2. The summed E-state index contributed by atoms with van der Waals surface area (Å²) in [6.45, 7) is 0. The zero-order valence-corrected chi connectivity index (χ0v) is 12.4. The van der Waals surface area contributed by atoms with Gasteiger partial charge in [-0.2, -0.15) is 0 Å². The Morgan fingerprint density at radius 2 is 1.13 bits per heavy atom. The summed E-state index contributed by atoms with van der Waals surface area (Å²) in [5.74, 6) is 0.0585. The lowest BCUT2D eigenvalue weighted by molar-refractivity contribution is 0.0868. The first-order chi connectivity index (χ1) is 11.3. The van der Waals surface area contributed by atoms with E-state index in [-0.39, 0.29) is 5.78 Å². The molecule has 3 aromatic carbocycles. The van der Waals surface area contributed by atoms with Crippen LogP contribution in [0.2, 0.25) is 0 Å². The van der Waals surface area contributed by atoms with E-state index in [1.807, 2.05) is 84.9 Å². The van der Waals surface area contributed by atoms with Gasteiger partial charge >= 0.3 is 0 Å². The monoisotopic (exact) mass is 298 g/mol. The average Bonchev–Trinajstić information content (AvgIpc) is 3.30. The summed E-state index contributed by atoms with van der Waals surface area (Å²) in [5.41, 5.74) is 2.08. The van der Waals surface area contributed by atoms with Crippen molar-refractivity contribution in [1.29, 1.82) is 0 Å². The van der Waals surface area contributed by atoms with Crippen molar-refractivity contribution in [2.24, 2.45) is 0 Å². The maximum Gasteiger partial charge on any atom is 0.203 e. The fourth-order valence-corrected chi connectivity index (χ4v) is 3.99. The normalized spacial score (nSPS) is 27.4. The minimum atomic E-state index is -0.917. The molecule has 1 aliphatic carbocycles. The summed E-state index contributed by atoms with van der Waals surface area (Å²) in [6.07, 6.45) is 0. The van der Waals surface area contributed by atoms with Gasteiger partial charge in [-0.3, -0.25) is 4.79 Å². The van der Waals surface area contributed by atoms with Crippen LogP contribution >= 0.6 is 0 Å². The zero-order valence-electron chi connectivity index (χ0n) is 12.4. The van der Waals surface area contributed by atoms with Gasteiger partial charge in [0.1, 0.15) is 0 Å². The van der Waals surface area contributed by atoms with Gasteiger partial charge in [0.05, 0.1) is 0 Å². The predicted octanol–water partition coefficient (Wildman–Crippen LogP) is 4.05. The lowest BCUT2D eigenvalue weighted by atomic mass is 9.81. The first-order valence-corrected chi connectivity index (χ1v) is 7.76. The first-order valence-electron chi connectivity index (χ1n) is 7.76. The molecule has 1 fully saturated rings. The second-order valence-electron chi connectivity index (χ2n) is 6.07. The van der Waals surface area contributed by atoms with E-state index in [0.29, 0.717) is 0 Å². The lowest BCUT2D eigenvalue weighted by Gasteiger charge is -2.13. The lowest BCUT2D eigenvalue weighted by Crippen LogP contribution is -2.24. The molecule has 1 saturated heterocycles. The van der Waals surface area contributed by atoms with Gasteiger partial charge in [0, 0.05) is 11.1 Å². The number of epoxide rings is 1. The third-order valence-electron chi connectivity index (χ3n) is 4.99. The van der Waals surface area contributed by atoms with Gasteiger partial charge in [-0.25, -0.2) is 0 Å². The van der Waals surface area contributed by atoms with Gasteiger partial charge < -0.3 is 4.74 Å². The van der Waals surface area contributed by atoms with Crippen molar-refractivity contribution in [2.45, 2.75) is 11.2 Å². The van der Waals surface area contributed by atoms with Gasteiger partial charge in [-0.1, -0.05) is 84.9 Å². The average molecular weight is 298 g/mol. The molecule has 3 aromatic rings. The molecule has 0 amide bonds. The van der Waals surface area contributed by atoms with Crippen molar-refractivity contribution in [3.63, 3.8) is 0 Å². The van der Waals surface area contributed by atoms with Crippen LogP contribution in [0.4, 0.5) is 0 Å². The molecule has 0 N–H and O–H groups in total. The van der Waals surface area contributed by atoms with Crippen LogP contribution in [0.5, 0.6) is 0 Å². The number of carbonyl (C=O) groups excluding carboxylic acids is 1. The Morgan fingerprint density at radius 3 is 1.78 bits per heavy atom. The van der Waals surface area contributed by atoms with E-state index in [1.165, 1.54) is 0 Å². The maximum atomic E-state index is 13.2. The molecule has 5 rings (SSSR count). The number of ketones is 1. The van der Waals surface area contributed by atoms with Crippen LogP contribution in [0.25, 0.3) is 0 Å². The molecule has 0 radical (unpaired) electrons. The van der Waals surface area contributed by atoms with Crippen molar-refractivity contribution in [2.75, 3.05) is 0 Å². The molecule has 1 aliphatic heterocycles. The third kappa shape index (κ3) is 1.35. The molecule has 0 spiro atoms. The maximum absolute atomic E-state index is 13.2. The van der Waals surface area contributed by atoms with Crippen molar-refractivity contribution >= 4 is 5.78 Å². The van der Waals surface area contributed by atoms with E-state index in [9.17, 15) is 4.79 Å². The molecule has 2 nitrogen and oxygen atoms in total. The molecule has 2 heteroatoms. The number of carbonyl (C=O) groups is 1. The van der Waals surface area contributed by atoms with Gasteiger partial charge in [-0.05, 0) is 11.1 Å². The number of fused-ring (bicyclic) bond motifs is 3. The summed E-state index contributed by atoms with van der Waals surface area (Å²) in [6, 6.07) is 27.7. The van der Waals surface area contributed by atoms with Crippen molar-refractivity contribution < 1.29 is 9.53 Å². The topological polar surface area (TPSA) is 29.6 Å². The van der Waals surface area contributed by atoms with Crippen molar-refractivity contribution in [1.82, 2.24) is 0 Å². The number of rotatable bonds is 2. The quantitative estimate of drug-likeness (QED) is 0.668. The number of ether oxygens (including phenoxy) is 1. The fourth-order valence-electron chi connectivity index (χ4n) is 3.99. The molecule has 2 aliphatic rings. The number of benzene rings is 3. The fraction of sp³-hybridized carbons (Fsp3) is 0.0952. The van der Waals surface area contributed by atoms with Gasteiger partial charge in [0.25, 0.3) is 0 Å². The van der Waals surface area contributed by atoms with E-state index >= 15 is 0 Å². The highest BCUT2D eigenvalue weighted by atomic mass is 16.6. The highest BCUT2D eigenvalue weighted by molar-refractivity contribution is 6.12. The standard InChI is InChI=1S/C21H14O2/c22-19-17-13-7-8-14-18(17)20(15-9-3-1-4-10-15)21(19,23-20)16-11-5-2-6-12-16/h1-14H/t20-,21-/m1/s1. The molecule has 0 unspecified atom stereocenters. The van der Waals surface area contributed by atoms with Gasteiger partial charge in [0.2, 0.25) is 5.78 Å². The Balaban J connectivity index is 1.83. The summed E-state index contributed by atoms with van der Waals surface area (Å²) in [4.78, 5) is 13.2. The van der Waals surface area contributed by atoms with Crippen LogP contribution < -0.4 is 0 Å². The molecule has 0 aromatic heterocycles. The Kier molecular flexibility index (Phi) is 2.33. The number of hydrogen-bond acceptors (Lipinski definition) is 2. The van der Waals surface area contributed by atoms with Crippen LogP contribution in [-0.2, 0) is 15.9 Å². The van der Waals surface area contributed by atoms with E-state index in [0.717, 1.165) is 22.3 Å². The summed E-state index contributed by atoms with van der Waals surface area (Å²) in [5, 5.41) is 0. The van der Waals surface area contributed by atoms with Gasteiger partial charge in [0.15, 0.2) is 11.2 Å². The second kappa shape index (κ2) is 4.18. The summed E-state index contributed by atoms with van der Waals surface area (Å²) < 4.78 is 6.29. The van der Waals surface area contributed by atoms with E-state index in [2.05, 4.69) is 0 Å². The van der Waals surface area contributed by atoms with Crippen LogP contribution in [0, 0.1) is 0 Å². The Morgan fingerprint density at radius 1 is 0.609 bits per heavy atom. The smallest absolute Gasteiger partial charge is 0.203 e. The van der Waals surface area contributed by atoms with E-state index in [4.69, 9.17) is 4.74 Å². The Labute approximate surface area is 134 Å².